The standard InChI is InChI=1S/C17H24N4/c1-14-5-6-16(19-11-14)13-21-8-3-4-15(12-21)10-17-18-7-9-20(17)2/h5-7,9,11,15H,3-4,8,10,12-13H2,1-2H3/t15-/m1/s1. The van der Waals surface area contributed by atoms with Gasteiger partial charge in [-0.2, -0.15) is 0 Å². The van der Waals surface area contributed by atoms with Gasteiger partial charge in [-0.15, -0.1) is 0 Å². The molecule has 4 nitrogen and oxygen atoms in total. The summed E-state index contributed by atoms with van der Waals surface area (Å²) >= 11 is 0. The van der Waals surface area contributed by atoms with E-state index in [-0.39, 0.29) is 0 Å². The zero-order chi connectivity index (χ0) is 14.7. The molecule has 0 N–H and O–H groups in total. The van der Waals surface area contributed by atoms with Crippen molar-refractivity contribution in [2.45, 2.75) is 32.7 Å². The molecule has 0 aromatic carbocycles. The number of likely N-dealkylation sites (tertiary alicyclic amines) is 1. The molecule has 2 aromatic rings. The third-order valence-corrected chi connectivity index (χ3v) is 4.35. The Morgan fingerprint density at radius 2 is 2.19 bits per heavy atom. The Morgan fingerprint density at radius 1 is 1.29 bits per heavy atom. The van der Waals surface area contributed by atoms with Crippen LogP contribution in [0.4, 0.5) is 0 Å². The Morgan fingerprint density at radius 3 is 2.90 bits per heavy atom. The van der Waals surface area contributed by atoms with E-state index in [0.717, 1.165) is 19.5 Å². The van der Waals surface area contributed by atoms with Crippen LogP contribution in [0.3, 0.4) is 0 Å². The quantitative estimate of drug-likeness (QED) is 0.865. The molecule has 4 heteroatoms. The second kappa shape index (κ2) is 6.39. The Kier molecular flexibility index (Phi) is 4.34. The lowest BCUT2D eigenvalue weighted by Gasteiger charge is -2.32. The van der Waals surface area contributed by atoms with Crippen molar-refractivity contribution in [2.24, 2.45) is 13.0 Å². The third-order valence-electron chi connectivity index (χ3n) is 4.35. The summed E-state index contributed by atoms with van der Waals surface area (Å²) in [5.41, 5.74) is 2.41. The highest BCUT2D eigenvalue weighted by Crippen LogP contribution is 2.21. The van der Waals surface area contributed by atoms with Crippen molar-refractivity contribution in [3.8, 4) is 0 Å². The molecule has 112 valence electrons. The molecule has 21 heavy (non-hydrogen) atoms. The molecule has 1 atom stereocenters. The third kappa shape index (κ3) is 3.70. The zero-order valence-corrected chi connectivity index (χ0v) is 13.0. The minimum atomic E-state index is 0.713. The maximum Gasteiger partial charge on any atom is 0.108 e. The van der Waals surface area contributed by atoms with Crippen LogP contribution in [-0.2, 0) is 20.0 Å². The van der Waals surface area contributed by atoms with Gasteiger partial charge in [0.2, 0.25) is 0 Å². The summed E-state index contributed by atoms with van der Waals surface area (Å²) in [6, 6.07) is 4.30. The number of imidazole rings is 1. The summed E-state index contributed by atoms with van der Waals surface area (Å²) < 4.78 is 2.14. The van der Waals surface area contributed by atoms with E-state index in [1.54, 1.807) is 0 Å². The molecular formula is C17H24N4. The normalized spacial score (nSPS) is 19.8. The highest BCUT2D eigenvalue weighted by atomic mass is 15.1. The van der Waals surface area contributed by atoms with Gasteiger partial charge in [-0.3, -0.25) is 9.88 Å². The molecule has 0 saturated carbocycles. The molecule has 1 saturated heterocycles. The van der Waals surface area contributed by atoms with Crippen molar-refractivity contribution >= 4 is 0 Å². The van der Waals surface area contributed by atoms with E-state index in [4.69, 9.17) is 0 Å². The van der Waals surface area contributed by atoms with Crippen molar-refractivity contribution in [3.63, 3.8) is 0 Å². The lowest BCUT2D eigenvalue weighted by Crippen LogP contribution is -2.36. The van der Waals surface area contributed by atoms with Gasteiger partial charge in [0.25, 0.3) is 0 Å². The van der Waals surface area contributed by atoms with Crippen LogP contribution in [-0.4, -0.2) is 32.5 Å². The number of pyridine rings is 1. The molecule has 0 aliphatic carbocycles. The van der Waals surface area contributed by atoms with Gasteiger partial charge in [0, 0.05) is 45.1 Å². The van der Waals surface area contributed by atoms with Crippen molar-refractivity contribution < 1.29 is 0 Å². The van der Waals surface area contributed by atoms with Crippen LogP contribution >= 0.6 is 0 Å². The summed E-state index contributed by atoms with van der Waals surface area (Å²) in [5.74, 6) is 1.92. The van der Waals surface area contributed by atoms with E-state index in [0.29, 0.717) is 5.92 Å². The molecule has 2 aromatic heterocycles. The smallest absolute Gasteiger partial charge is 0.108 e. The minimum Gasteiger partial charge on any atom is -0.338 e. The largest absolute Gasteiger partial charge is 0.338 e. The molecule has 0 unspecified atom stereocenters. The first-order valence-electron chi connectivity index (χ1n) is 7.81. The summed E-state index contributed by atoms with van der Waals surface area (Å²) in [7, 11) is 2.08. The van der Waals surface area contributed by atoms with E-state index in [1.165, 1.54) is 36.5 Å². The van der Waals surface area contributed by atoms with E-state index < -0.39 is 0 Å². The first-order chi connectivity index (χ1) is 10.2. The van der Waals surface area contributed by atoms with Crippen LogP contribution in [0.25, 0.3) is 0 Å². The minimum absolute atomic E-state index is 0.713. The van der Waals surface area contributed by atoms with Gasteiger partial charge in [-0.25, -0.2) is 4.98 Å². The molecule has 1 aliphatic heterocycles. The first-order valence-corrected chi connectivity index (χ1v) is 7.81. The topological polar surface area (TPSA) is 34.0 Å². The van der Waals surface area contributed by atoms with Gasteiger partial charge in [-0.05, 0) is 43.9 Å². The van der Waals surface area contributed by atoms with E-state index in [2.05, 4.69) is 45.5 Å². The summed E-state index contributed by atoms with van der Waals surface area (Å²) in [5, 5.41) is 0. The van der Waals surface area contributed by atoms with Crippen molar-refractivity contribution in [1.82, 2.24) is 19.4 Å². The molecule has 3 rings (SSSR count). The van der Waals surface area contributed by atoms with Crippen molar-refractivity contribution in [3.05, 3.63) is 47.8 Å². The van der Waals surface area contributed by atoms with Gasteiger partial charge >= 0.3 is 0 Å². The summed E-state index contributed by atoms with van der Waals surface area (Å²) in [4.78, 5) is 11.5. The molecule has 1 aliphatic rings. The van der Waals surface area contributed by atoms with Gasteiger partial charge in [0.15, 0.2) is 0 Å². The van der Waals surface area contributed by atoms with Crippen LogP contribution in [0, 0.1) is 12.8 Å². The Bertz CT molecular complexity index is 573. The molecule has 1 fully saturated rings. The summed E-state index contributed by atoms with van der Waals surface area (Å²) in [6.45, 7) is 5.40. The average Bonchev–Trinajstić information content (AvgIpc) is 2.87. The fourth-order valence-electron chi connectivity index (χ4n) is 3.13. The Balaban J connectivity index is 1.58. The SMILES string of the molecule is Cc1ccc(CN2CCC[C@H](Cc3nccn3C)C2)nc1. The first kappa shape index (κ1) is 14.3. The molecule has 0 amide bonds. The molecule has 0 spiro atoms. The highest BCUT2D eigenvalue weighted by molar-refractivity contribution is 5.12. The maximum absolute atomic E-state index is 4.53. The van der Waals surface area contributed by atoms with Gasteiger partial charge in [-0.1, -0.05) is 6.07 Å². The number of hydrogen-bond donors (Lipinski definition) is 0. The van der Waals surface area contributed by atoms with E-state index >= 15 is 0 Å². The highest BCUT2D eigenvalue weighted by Gasteiger charge is 2.21. The van der Waals surface area contributed by atoms with Gasteiger partial charge < -0.3 is 4.57 Å². The number of nitrogens with zero attached hydrogens (tertiary/aromatic N) is 4. The fraction of sp³-hybridized carbons (Fsp3) is 0.529. The lowest BCUT2D eigenvalue weighted by molar-refractivity contribution is 0.163. The number of aromatic nitrogens is 3. The van der Waals surface area contributed by atoms with Crippen LogP contribution < -0.4 is 0 Å². The average molecular weight is 284 g/mol. The molecular weight excluding hydrogens is 260 g/mol. The maximum atomic E-state index is 4.53. The number of rotatable bonds is 4. The molecule has 0 radical (unpaired) electrons. The van der Waals surface area contributed by atoms with E-state index in [9.17, 15) is 0 Å². The van der Waals surface area contributed by atoms with Crippen molar-refractivity contribution in [2.75, 3.05) is 13.1 Å². The number of piperidine rings is 1. The molecule has 0 bridgehead atoms. The predicted octanol–water partition coefficient (Wildman–Crippen LogP) is 2.58. The monoisotopic (exact) mass is 284 g/mol. The van der Waals surface area contributed by atoms with Crippen molar-refractivity contribution in [1.29, 1.82) is 0 Å². The summed E-state index contributed by atoms with van der Waals surface area (Å²) in [6.07, 6.45) is 9.57. The van der Waals surface area contributed by atoms with Crippen LogP contribution in [0.5, 0.6) is 0 Å². The van der Waals surface area contributed by atoms with Gasteiger partial charge in [0.1, 0.15) is 5.82 Å². The molecule has 3 heterocycles. The second-order valence-corrected chi connectivity index (χ2v) is 6.23. The Labute approximate surface area is 126 Å². The fourth-order valence-corrected chi connectivity index (χ4v) is 3.13. The van der Waals surface area contributed by atoms with Crippen LogP contribution in [0.15, 0.2) is 30.7 Å². The van der Waals surface area contributed by atoms with Crippen LogP contribution in [0.2, 0.25) is 0 Å². The second-order valence-electron chi connectivity index (χ2n) is 6.23. The zero-order valence-electron chi connectivity index (χ0n) is 13.0. The van der Waals surface area contributed by atoms with Gasteiger partial charge in [0.05, 0.1) is 5.69 Å². The number of aryl methyl sites for hydroxylation is 2. The number of hydrogen-bond acceptors (Lipinski definition) is 3. The predicted molar refractivity (Wildman–Crippen MR) is 83.9 cm³/mol. The van der Waals surface area contributed by atoms with E-state index in [1.807, 2.05) is 18.6 Å². The van der Waals surface area contributed by atoms with Crippen LogP contribution in [0.1, 0.15) is 29.9 Å². The Hall–Kier alpha value is -1.68. The lowest BCUT2D eigenvalue weighted by atomic mass is 9.94.